The number of hydrogen-bond donors (Lipinski definition) is 1. The lowest BCUT2D eigenvalue weighted by Crippen LogP contribution is -1.97. The zero-order valence-electron chi connectivity index (χ0n) is 9.37. The molecular weight excluding hydrogens is 245 g/mol. The summed E-state index contributed by atoms with van der Waals surface area (Å²) in [6.45, 7) is 0. The van der Waals surface area contributed by atoms with E-state index in [0.717, 1.165) is 0 Å². The zero-order valence-corrected chi connectivity index (χ0v) is 10.1. The minimum absolute atomic E-state index is 0.0185. The first kappa shape index (κ1) is 11.7. The van der Waals surface area contributed by atoms with Gasteiger partial charge in [0.2, 0.25) is 0 Å². The first-order chi connectivity index (χ1) is 8.04. The van der Waals surface area contributed by atoms with E-state index in [2.05, 4.69) is 5.10 Å². The standard InChI is InChI=1S/C11H11ClFN3O/c1-16-9(14)5-7(15-16)10-8(17-2)4-3-6(12)11(10)13/h3-5H,14H2,1-2H3. The van der Waals surface area contributed by atoms with Gasteiger partial charge in [-0.3, -0.25) is 4.68 Å². The second-order valence-electron chi connectivity index (χ2n) is 3.52. The number of methoxy groups -OCH3 is 1. The highest BCUT2D eigenvalue weighted by molar-refractivity contribution is 6.31. The number of halogens is 2. The number of nitrogen functional groups attached to an aromatic ring is 1. The second-order valence-corrected chi connectivity index (χ2v) is 3.92. The summed E-state index contributed by atoms with van der Waals surface area (Å²) in [5, 5.41) is 4.12. The molecule has 6 heteroatoms. The van der Waals surface area contributed by atoms with Crippen LogP contribution in [0, 0.1) is 5.82 Å². The molecule has 2 aromatic rings. The summed E-state index contributed by atoms with van der Waals surface area (Å²) in [4.78, 5) is 0. The molecular formula is C11H11ClFN3O. The highest BCUT2D eigenvalue weighted by Gasteiger charge is 2.18. The molecule has 90 valence electrons. The number of benzene rings is 1. The van der Waals surface area contributed by atoms with Gasteiger partial charge >= 0.3 is 0 Å². The topological polar surface area (TPSA) is 53.1 Å². The van der Waals surface area contributed by atoms with Crippen molar-refractivity contribution in [1.29, 1.82) is 0 Å². The highest BCUT2D eigenvalue weighted by Crippen LogP contribution is 2.35. The van der Waals surface area contributed by atoms with Crippen LogP contribution in [0.5, 0.6) is 5.75 Å². The summed E-state index contributed by atoms with van der Waals surface area (Å²) in [6.07, 6.45) is 0. The molecule has 0 unspecified atom stereocenters. The Labute approximate surface area is 103 Å². The zero-order chi connectivity index (χ0) is 12.6. The molecule has 0 aliphatic rings. The molecule has 17 heavy (non-hydrogen) atoms. The number of nitrogens with two attached hydrogens (primary N) is 1. The number of hydrogen-bond acceptors (Lipinski definition) is 3. The van der Waals surface area contributed by atoms with Crippen molar-refractivity contribution in [2.24, 2.45) is 7.05 Å². The predicted molar refractivity (Wildman–Crippen MR) is 64.6 cm³/mol. The van der Waals surface area contributed by atoms with Gasteiger partial charge in [-0.05, 0) is 12.1 Å². The van der Waals surface area contributed by atoms with E-state index in [-0.39, 0.29) is 10.6 Å². The molecule has 2 rings (SSSR count). The summed E-state index contributed by atoms with van der Waals surface area (Å²) < 4.78 is 20.5. The fraction of sp³-hybridized carbons (Fsp3) is 0.182. The second kappa shape index (κ2) is 4.25. The van der Waals surface area contributed by atoms with Gasteiger partial charge in [-0.2, -0.15) is 5.10 Å². The molecule has 1 aromatic carbocycles. The van der Waals surface area contributed by atoms with E-state index in [1.54, 1.807) is 19.2 Å². The Balaban J connectivity index is 2.68. The Hall–Kier alpha value is -1.75. The largest absolute Gasteiger partial charge is 0.496 e. The molecule has 0 radical (unpaired) electrons. The lowest BCUT2D eigenvalue weighted by molar-refractivity contribution is 0.413. The van der Waals surface area contributed by atoms with Gasteiger partial charge in [0.05, 0.1) is 17.7 Å². The molecule has 0 saturated heterocycles. The van der Waals surface area contributed by atoms with E-state index >= 15 is 0 Å². The maximum atomic E-state index is 14.0. The monoisotopic (exact) mass is 255 g/mol. The van der Waals surface area contributed by atoms with Gasteiger partial charge in [0.15, 0.2) is 5.82 Å². The van der Waals surface area contributed by atoms with Crippen molar-refractivity contribution in [3.8, 4) is 17.0 Å². The third-order valence-corrected chi connectivity index (χ3v) is 2.74. The summed E-state index contributed by atoms with van der Waals surface area (Å²) in [7, 11) is 3.13. The highest BCUT2D eigenvalue weighted by atomic mass is 35.5. The van der Waals surface area contributed by atoms with Crippen molar-refractivity contribution in [1.82, 2.24) is 9.78 Å². The number of ether oxygens (including phenoxy) is 1. The first-order valence-electron chi connectivity index (χ1n) is 4.86. The fourth-order valence-corrected chi connectivity index (χ4v) is 1.70. The molecule has 0 bridgehead atoms. The summed E-state index contributed by atoms with van der Waals surface area (Å²) in [5.74, 6) is 0.232. The maximum absolute atomic E-state index is 14.0. The van der Waals surface area contributed by atoms with E-state index in [4.69, 9.17) is 22.1 Å². The van der Waals surface area contributed by atoms with Crippen molar-refractivity contribution in [3.63, 3.8) is 0 Å². The van der Waals surface area contributed by atoms with Crippen molar-refractivity contribution in [2.45, 2.75) is 0 Å². The maximum Gasteiger partial charge on any atom is 0.154 e. The number of anilines is 1. The molecule has 2 N–H and O–H groups in total. The van der Waals surface area contributed by atoms with Gasteiger partial charge in [0, 0.05) is 13.1 Å². The number of aromatic nitrogens is 2. The van der Waals surface area contributed by atoms with Crippen LogP contribution in [0.15, 0.2) is 18.2 Å². The van der Waals surface area contributed by atoms with Gasteiger partial charge in [0.1, 0.15) is 17.3 Å². The molecule has 0 spiro atoms. The molecule has 0 atom stereocenters. The quantitative estimate of drug-likeness (QED) is 0.897. The average Bonchev–Trinajstić information content (AvgIpc) is 2.62. The van der Waals surface area contributed by atoms with Crippen LogP contribution in [-0.2, 0) is 7.05 Å². The fourth-order valence-electron chi connectivity index (χ4n) is 1.55. The molecule has 0 fully saturated rings. The molecule has 0 aliphatic carbocycles. The van der Waals surface area contributed by atoms with Crippen molar-refractivity contribution in [2.75, 3.05) is 12.8 Å². The Morgan fingerprint density at radius 3 is 2.71 bits per heavy atom. The van der Waals surface area contributed by atoms with Crippen LogP contribution in [0.3, 0.4) is 0 Å². The third-order valence-electron chi connectivity index (χ3n) is 2.45. The Bertz CT molecular complexity index is 549. The van der Waals surface area contributed by atoms with E-state index in [9.17, 15) is 4.39 Å². The van der Waals surface area contributed by atoms with Crippen LogP contribution in [-0.4, -0.2) is 16.9 Å². The predicted octanol–water partition coefficient (Wildman–Crippen LogP) is 2.47. The molecule has 0 aliphatic heterocycles. The summed E-state index contributed by atoms with van der Waals surface area (Å²) >= 11 is 5.74. The van der Waals surface area contributed by atoms with Crippen LogP contribution in [0.1, 0.15) is 0 Å². The SMILES string of the molecule is COc1ccc(Cl)c(F)c1-c1cc(N)n(C)n1. The van der Waals surface area contributed by atoms with Gasteiger partial charge in [-0.1, -0.05) is 11.6 Å². The average molecular weight is 256 g/mol. The van der Waals surface area contributed by atoms with Crippen LogP contribution in [0.4, 0.5) is 10.2 Å². The van der Waals surface area contributed by atoms with Crippen LogP contribution in [0.2, 0.25) is 5.02 Å². The van der Waals surface area contributed by atoms with E-state index in [1.165, 1.54) is 17.9 Å². The van der Waals surface area contributed by atoms with E-state index in [1.807, 2.05) is 0 Å². The van der Waals surface area contributed by atoms with Crippen LogP contribution in [0.25, 0.3) is 11.3 Å². The van der Waals surface area contributed by atoms with Gasteiger partial charge in [0.25, 0.3) is 0 Å². The molecule has 1 aromatic heterocycles. The smallest absolute Gasteiger partial charge is 0.154 e. The van der Waals surface area contributed by atoms with Gasteiger partial charge in [-0.15, -0.1) is 0 Å². The Morgan fingerprint density at radius 1 is 1.47 bits per heavy atom. The molecule has 1 heterocycles. The lowest BCUT2D eigenvalue weighted by Gasteiger charge is -2.08. The summed E-state index contributed by atoms with van der Waals surface area (Å²) in [6, 6.07) is 4.59. The van der Waals surface area contributed by atoms with Crippen molar-refractivity contribution >= 4 is 17.4 Å². The van der Waals surface area contributed by atoms with Crippen LogP contribution < -0.4 is 10.5 Å². The minimum atomic E-state index is -0.566. The molecule has 4 nitrogen and oxygen atoms in total. The Kier molecular flexibility index (Phi) is 2.93. The van der Waals surface area contributed by atoms with E-state index in [0.29, 0.717) is 17.3 Å². The van der Waals surface area contributed by atoms with Crippen molar-refractivity contribution < 1.29 is 9.13 Å². The number of nitrogens with zero attached hydrogens (tertiary/aromatic N) is 2. The Morgan fingerprint density at radius 2 is 2.18 bits per heavy atom. The first-order valence-corrected chi connectivity index (χ1v) is 5.24. The van der Waals surface area contributed by atoms with Crippen molar-refractivity contribution in [3.05, 3.63) is 29.0 Å². The van der Waals surface area contributed by atoms with Crippen LogP contribution >= 0.6 is 11.6 Å². The summed E-state index contributed by atoms with van der Waals surface area (Å²) in [5.41, 5.74) is 6.27. The van der Waals surface area contributed by atoms with E-state index < -0.39 is 5.82 Å². The normalized spacial score (nSPS) is 10.6. The number of aryl methyl sites for hydroxylation is 1. The lowest BCUT2D eigenvalue weighted by atomic mass is 10.1. The minimum Gasteiger partial charge on any atom is -0.496 e. The molecule has 0 saturated carbocycles. The number of rotatable bonds is 2. The van der Waals surface area contributed by atoms with Gasteiger partial charge in [-0.25, -0.2) is 4.39 Å². The third kappa shape index (κ3) is 1.93. The molecule has 0 amide bonds. The van der Waals surface area contributed by atoms with Gasteiger partial charge < -0.3 is 10.5 Å².